The SMILES string of the molecule is CCCS(=O)(=O)CCn1nnc(N)c1C(C)C. The van der Waals surface area contributed by atoms with E-state index in [4.69, 9.17) is 5.73 Å². The first-order valence-electron chi connectivity index (χ1n) is 5.76. The Labute approximate surface area is 102 Å². The van der Waals surface area contributed by atoms with Gasteiger partial charge in [-0.05, 0) is 12.3 Å². The molecule has 6 nitrogen and oxygen atoms in total. The molecule has 1 heterocycles. The number of hydrogen-bond donors (Lipinski definition) is 1. The van der Waals surface area contributed by atoms with E-state index in [1.165, 1.54) is 0 Å². The van der Waals surface area contributed by atoms with E-state index in [1.54, 1.807) is 4.68 Å². The van der Waals surface area contributed by atoms with E-state index >= 15 is 0 Å². The minimum Gasteiger partial charge on any atom is -0.381 e. The summed E-state index contributed by atoms with van der Waals surface area (Å²) < 4.78 is 24.8. The van der Waals surface area contributed by atoms with Gasteiger partial charge in [-0.3, -0.25) is 0 Å². The Morgan fingerprint density at radius 2 is 2.00 bits per heavy atom. The van der Waals surface area contributed by atoms with Gasteiger partial charge in [0.2, 0.25) is 0 Å². The number of nitrogen functional groups attached to an aromatic ring is 1. The van der Waals surface area contributed by atoms with Crippen LogP contribution in [0.1, 0.15) is 38.8 Å². The van der Waals surface area contributed by atoms with Crippen LogP contribution in [0.4, 0.5) is 5.82 Å². The quantitative estimate of drug-likeness (QED) is 0.817. The van der Waals surface area contributed by atoms with Gasteiger partial charge >= 0.3 is 0 Å². The summed E-state index contributed by atoms with van der Waals surface area (Å²) in [7, 11) is -2.99. The topological polar surface area (TPSA) is 90.9 Å². The minimum atomic E-state index is -2.99. The number of anilines is 1. The van der Waals surface area contributed by atoms with Crippen molar-refractivity contribution in [1.29, 1.82) is 0 Å². The molecule has 0 aliphatic carbocycles. The van der Waals surface area contributed by atoms with Crippen LogP contribution in [0.25, 0.3) is 0 Å². The fraction of sp³-hybridized carbons (Fsp3) is 0.800. The zero-order chi connectivity index (χ0) is 13.1. The van der Waals surface area contributed by atoms with E-state index in [9.17, 15) is 8.42 Å². The van der Waals surface area contributed by atoms with Gasteiger partial charge in [-0.25, -0.2) is 13.1 Å². The summed E-state index contributed by atoms with van der Waals surface area (Å²) in [6.07, 6.45) is 0.638. The molecule has 1 aromatic rings. The molecule has 17 heavy (non-hydrogen) atoms. The van der Waals surface area contributed by atoms with E-state index in [-0.39, 0.29) is 17.4 Å². The molecular formula is C10H20N4O2S. The molecule has 1 aromatic heterocycles. The fourth-order valence-electron chi connectivity index (χ4n) is 1.73. The Hall–Kier alpha value is -1.11. The van der Waals surface area contributed by atoms with Crippen molar-refractivity contribution in [3.8, 4) is 0 Å². The molecule has 2 N–H and O–H groups in total. The van der Waals surface area contributed by atoms with Gasteiger partial charge in [0.1, 0.15) is 0 Å². The lowest BCUT2D eigenvalue weighted by atomic mass is 10.1. The molecule has 0 spiro atoms. The molecule has 0 radical (unpaired) electrons. The highest BCUT2D eigenvalue weighted by atomic mass is 32.2. The van der Waals surface area contributed by atoms with Crippen molar-refractivity contribution in [3.63, 3.8) is 0 Å². The van der Waals surface area contributed by atoms with Crippen molar-refractivity contribution in [3.05, 3.63) is 5.69 Å². The Morgan fingerprint density at radius 3 is 2.53 bits per heavy atom. The maximum atomic E-state index is 11.6. The molecule has 0 aromatic carbocycles. The van der Waals surface area contributed by atoms with Crippen LogP contribution in [-0.2, 0) is 16.4 Å². The molecule has 0 aliphatic heterocycles. The normalized spacial score (nSPS) is 12.2. The van der Waals surface area contributed by atoms with Crippen molar-refractivity contribution in [2.24, 2.45) is 0 Å². The third-order valence-electron chi connectivity index (χ3n) is 2.48. The average Bonchev–Trinajstić information content (AvgIpc) is 2.57. The number of aryl methyl sites for hydroxylation is 1. The first-order chi connectivity index (χ1) is 7.87. The van der Waals surface area contributed by atoms with Crippen LogP contribution in [0.3, 0.4) is 0 Å². The second-order valence-electron chi connectivity index (χ2n) is 4.39. The Balaban J connectivity index is 2.77. The largest absolute Gasteiger partial charge is 0.381 e. The maximum Gasteiger partial charge on any atom is 0.169 e. The fourth-order valence-corrected chi connectivity index (χ4v) is 3.01. The smallest absolute Gasteiger partial charge is 0.169 e. The monoisotopic (exact) mass is 260 g/mol. The second-order valence-corrected chi connectivity index (χ2v) is 6.69. The number of hydrogen-bond acceptors (Lipinski definition) is 5. The lowest BCUT2D eigenvalue weighted by molar-refractivity contribution is 0.556. The predicted octanol–water partition coefficient (Wildman–Crippen LogP) is 0.809. The number of rotatable bonds is 6. The molecule has 98 valence electrons. The predicted molar refractivity (Wildman–Crippen MR) is 67.5 cm³/mol. The summed E-state index contributed by atoms with van der Waals surface area (Å²) in [5.74, 6) is 0.865. The lowest BCUT2D eigenvalue weighted by Crippen LogP contribution is -2.18. The van der Waals surface area contributed by atoms with Crippen LogP contribution >= 0.6 is 0 Å². The lowest BCUT2D eigenvalue weighted by Gasteiger charge is -2.09. The van der Waals surface area contributed by atoms with Gasteiger partial charge in [0.05, 0.1) is 18.0 Å². The molecule has 0 unspecified atom stereocenters. The second kappa shape index (κ2) is 5.48. The van der Waals surface area contributed by atoms with E-state index in [1.807, 2.05) is 20.8 Å². The third kappa shape index (κ3) is 3.69. The van der Waals surface area contributed by atoms with Crippen LogP contribution in [0.15, 0.2) is 0 Å². The summed E-state index contributed by atoms with van der Waals surface area (Å²) in [6, 6.07) is 0. The highest BCUT2D eigenvalue weighted by molar-refractivity contribution is 7.91. The summed E-state index contributed by atoms with van der Waals surface area (Å²) in [5.41, 5.74) is 6.50. The highest BCUT2D eigenvalue weighted by Crippen LogP contribution is 2.18. The van der Waals surface area contributed by atoms with E-state index in [0.717, 1.165) is 5.69 Å². The van der Waals surface area contributed by atoms with Gasteiger partial charge in [0.15, 0.2) is 15.7 Å². The first kappa shape index (κ1) is 14.0. The van der Waals surface area contributed by atoms with Crippen LogP contribution in [0, 0.1) is 0 Å². The van der Waals surface area contributed by atoms with Gasteiger partial charge in [-0.15, -0.1) is 5.10 Å². The van der Waals surface area contributed by atoms with E-state index in [0.29, 0.717) is 18.8 Å². The van der Waals surface area contributed by atoms with Gasteiger partial charge in [-0.1, -0.05) is 26.0 Å². The molecule has 0 saturated heterocycles. The van der Waals surface area contributed by atoms with Gasteiger partial charge in [-0.2, -0.15) is 0 Å². The average molecular weight is 260 g/mol. The highest BCUT2D eigenvalue weighted by Gasteiger charge is 2.16. The van der Waals surface area contributed by atoms with Crippen LogP contribution in [-0.4, -0.2) is 34.9 Å². The van der Waals surface area contributed by atoms with Crippen molar-refractivity contribution in [2.75, 3.05) is 17.2 Å². The van der Waals surface area contributed by atoms with Crippen molar-refractivity contribution in [2.45, 2.75) is 39.7 Å². The van der Waals surface area contributed by atoms with Crippen molar-refractivity contribution in [1.82, 2.24) is 15.0 Å². The van der Waals surface area contributed by atoms with Crippen LogP contribution in [0.2, 0.25) is 0 Å². The van der Waals surface area contributed by atoms with Crippen LogP contribution < -0.4 is 5.73 Å². The van der Waals surface area contributed by atoms with Gasteiger partial charge in [0, 0.05) is 5.75 Å². The standard InChI is InChI=1S/C10H20N4O2S/c1-4-6-17(15,16)7-5-14-9(8(2)3)10(11)12-13-14/h8H,4-7,11H2,1-3H3. The molecule has 0 atom stereocenters. The molecule has 0 bridgehead atoms. The van der Waals surface area contributed by atoms with Gasteiger partial charge in [0.25, 0.3) is 0 Å². The van der Waals surface area contributed by atoms with E-state index in [2.05, 4.69) is 10.3 Å². The zero-order valence-corrected chi connectivity index (χ0v) is 11.4. The third-order valence-corrected chi connectivity index (χ3v) is 4.31. The van der Waals surface area contributed by atoms with E-state index < -0.39 is 9.84 Å². The molecule has 0 aliphatic rings. The van der Waals surface area contributed by atoms with Crippen LogP contribution in [0.5, 0.6) is 0 Å². The molecule has 7 heteroatoms. The Bertz CT molecular complexity index is 465. The number of aromatic nitrogens is 3. The number of nitrogens with two attached hydrogens (primary N) is 1. The minimum absolute atomic E-state index is 0.0867. The van der Waals surface area contributed by atoms with Gasteiger partial charge < -0.3 is 5.73 Å². The molecular weight excluding hydrogens is 240 g/mol. The summed E-state index contributed by atoms with van der Waals surface area (Å²) in [4.78, 5) is 0. The first-order valence-corrected chi connectivity index (χ1v) is 7.58. The Morgan fingerprint density at radius 1 is 1.35 bits per heavy atom. The molecule has 1 rings (SSSR count). The summed E-state index contributed by atoms with van der Waals surface area (Å²) >= 11 is 0. The maximum absolute atomic E-state index is 11.6. The number of sulfone groups is 1. The van der Waals surface area contributed by atoms with Crippen molar-refractivity contribution < 1.29 is 8.42 Å². The number of nitrogens with zero attached hydrogens (tertiary/aromatic N) is 3. The summed E-state index contributed by atoms with van der Waals surface area (Å²) in [6.45, 7) is 6.13. The molecule has 0 saturated carbocycles. The molecule has 0 fully saturated rings. The zero-order valence-electron chi connectivity index (χ0n) is 10.5. The molecule has 0 amide bonds. The van der Waals surface area contributed by atoms with Crippen molar-refractivity contribution >= 4 is 15.7 Å². The Kier molecular flexibility index (Phi) is 4.50. The summed E-state index contributed by atoms with van der Waals surface area (Å²) in [5, 5.41) is 7.66.